The van der Waals surface area contributed by atoms with Gasteiger partial charge in [0.1, 0.15) is 5.84 Å². The van der Waals surface area contributed by atoms with Gasteiger partial charge < -0.3 is 20.9 Å². The molecule has 0 spiro atoms. The lowest BCUT2D eigenvalue weighted by atomic mass is 9.92. The van der Waals surface area contributed by atoms with Crippen molar-refractivity contribution in [3.63, 3.8) is 0 Å². The van der Waals surface area contributed by atoms with Crippen molar-refractivity contribution in [3.05, 3.63) is 95.1 Å². The highest BCUT2D eigenvalue weighted by molar-refractivity contribution is 5.96. The van der Waals surface area contributed by atoms with E-state index >= 15 is 0 Å². The van der Waals surface area contributed by atoms with Crippen LogP contribution in [0.3, 0.4) is 0 Å². The Labute approximate surface area is 203 Å². The van der Waals surface area contributed by atoms with E-state index < -0.39 is 23.9 Å². The van der Waals surface area contributed by atoms with Crippen LogP contribution in [-0.2, 0) is 16.0 Å². The van der Waals surface area contributed by atoms with Gasteiger partial charge in [0, 0.05) is 17.2 Å². The molecule has 35 heavy (non-hydrogen) atoms. The highest BCUT2D eigenvalue weighted by Gasteiger charge is 2.28. The van der Waals surface area contributed by atoms with Gasteiger partial charge in [0.25, 0.3) is 5.91 Å². The zero-order valence-electron chi connectivity index (χ0n) is 19.4. The van der Waals surface area contributed by atoms with Gasteiger partial charge in [-0.1, -0.05) is 42.5 Å². The Hall–Kier alpha value is -4.46. The number of aromatic carboxylic acids is 1. The lowest BCUT2D eigenvalue weighted by molar-refractivity contribution is -0.146. The number of carboxylic acid groups (broad SMARTS) is 1. The average molecular weight is 474 g/mol. The number of carbonyl (C=O) groups is 3. The van der Waals surface area contributed by atoms with E-state index in [4.69, 9.17) is 21.0 Å². The van der Waals surface area contributed by atoms with Crippen molar-refractivity contribution in [3.8, 4) is 11.1 Å². The third kappa shape index (κ3) is 6.32. The van der Waals surface area contributed by atoms with Crippen molar-refractivity contribution in [2.75, 3.05) is 7.11 Å². The van der Waals surface area contributed by atoms with Crippen molar-refractivity contribution in [2.45, 2.75) is 19.4 Å². The first-order chi connectivity index (χ1) is 16.7. The van der Waals surface area contributed by atoms with Crippen molar-refractivity contribution >= 4 is 23.7 Å². The summed E-state index contributed by atoms with van der Waals surface area (Å²) in [4.78, 5) is 36.4. The lowest BCUT2D eigenvalue weighted by Gasteiger charge is -2.23. The molecule has 0 aliphatic carbocycles. The maximum Gasteiger partial charge on any atom is 0.335 e. The standard InChI is InChI=1S/C27H27N3O5/c1-16(23(27(34)35-2)15-17-4-3-5-22(14-17)24(28)29)30-25(31)20-10-6-18(7-11-20)19-8-12-21(13-9-19)26(32)33/h3-14,16,23H,15H2,1-2H3,(H3,28,29)(H,30,31)(H,32,33)/t16-,23-/m1/s1. The second kappa shape index (κ2) is 11.1. The number of rotatable bonds is 9. The number of carbonyl (C=O) groups excluding carboxylic acids is 2. The number of esters is 1. The summed E-state index contributed by atoms with van der Waals surface area (Å²) in [7, 11) is 1.30. The highest BCUT2D eigenvalue weighted by Crippen LogP contribution is 2.21. The maximum absolute atomic E-state index is 12.9. The molecule has 0 saturated carbocycles. The summed E-state index contributed by atoms with van der Waals surface area (Å²) in [6.07, 6.45) is 0.306. The van der Waals surface area contributed by atoms with E-state index in [0.717, 1.165) is 16.7 Å². The third-order valence-electron chi connectivity index (χ3n) is 5.77. The Balaban J connectivity index is 1.71. The topological polar surface area (TPSA) is 143 Å². The van der Waals surface area contributed by atoms with Gasteiger partial charge in [-0.3, -0.25) is 15.0 Å². The van der Waals surface area contributed by atoms with Gasteiger partial charge in [0.05, 0.1) is 18.6 Å². The quantitative estimate of drug-likeness (QED) is 0.213. The monoisotopic (exact) mass is 473 g/mol. The molecule has 0 radical (unpaired) electrons. The van der Waals surface area contributed by atoms with E-state index in [0.29, 0.717) is 17.5 Å². The number of nitrogens with one attached hydrogen (secondary N) is 2. The Morgan fingerprint density at radius 3 is 2.03 bits per heavy atom. The van der Waals surface area contributed by atoms with Gasteiger partial charge in [0.2, 0.25) is 0 Å². The molecular formula is C27H27N3O5. The number of nitrogens with two attached hydrogens (primary N) is 1. The normalized spacial score (nSPS) is 12.3. The number of benzene rings is 3. The van der Waals surface area contributed by atoms with Crippen molar-refractivity contribution in [2.24, 2.45) is 11.7 Å². The van der Waals surface area contributed by atoms with E-state index in [1.807, 2.05) is 6.07 Å². The van der Waals surface area contributed by atoms with Crippen LogP contribution in [0.5, 0.6) is 0 Å². The molecule has 0 heterocycles. The first-order valence-corrected chi connectivity index (χ1v) is 11.0. The number of hydrogen-bond donors (Lipinski definition) is 4. The van der Waals surface area contributed by atoms with Gasteiger partial charge in [-0.2, -0.15) is 0 Å². The third-order valence-corrected chi connectivity index (χ3v) is 5.77. The van der Waals surface area contributed by atoms with Gasteiger partial charge in [0.15, 0.2) is 0 Å². The van der Waals surface area contributed by atoms with E-state index in [2.05, 4.69) is 5.32 Å². The summed E-state index contributed by atoms with van der Waals surface area (Å²) in [6.45, 7) is 1.74. The van der Waals surface area contributed by atoms with E-state index in [-0.39, 0.29) is 17.3 Å². The van der Waals surface area contributed by atoms with Crippen LogP contribution in [0.4, 0.5) is 0 Å². The lowest BCUT2D eigenvalue weighted by Crippen LogP contribution is -2.42. The Morgan fingerprint density at radius 1 is 0.943 bits per heavy atom. The molecule has 3 aromatic carbocycles. The summed E-state index contributed by atoms with van der Waals surface area (Å²) in [5.74, 6) is -2.49. The summed E-state index contributed by atoms with van der Waals surface area (Å²) in [5, 5.41) is 19.5. The predicted octanol–water partition coefficient (Wildman–Crippen LogP) is 3.49. The molecule has 1 amide bonds. The van der Waals surface area contributed by atoms with Crippen LogP contribution in [-0.4, -0.2) is 41.9 Å². The molecule has 5 N–H and O–H groups in total. The van der Waals surface area contributed by atoms with Crippen LogP contribution in [0.1, 0.15) is 38.8 Å². The number of carboxylic acids is 1. The molecule has 3 aromatic rings. The number of nitrogen functional groups attached to an aromatic ring is 1. The molecule has 8 nitrogen and oxygen atoms in total. The highest BCUT2D eigenvalue weighted by atomic mass is 16.5. The minimum Gasteiger partial charge on any atom is -0.478 e. The first kappa shape index (κ1) is 25.2. The molecule has 8 heteroatoms. The Bertz CT molecular complexity index is 1240. The molecule has 0 aromatic heterocycles. The number of ether oxygens (including phenoxy) is 1. The van der Waals surface area contributed by atoms with Crippen molar-refractivity contribution in [1.29, 1.82) is 5.41 Å². The summed E-state index contributed by atoms with van der Waals surface area (Å²) >= 11 is 0. The van der Waals surface area contributed by atoms with Crippen molar-refractivity contribution in [1.82, 2.24) is 5.32 Å². The number of amidine groups is 1. The second-order valence-electron chi connectivity index (χ2n) is 8.17. The van der Waals surface area contributed by atoms with E-state index in [9.17, 15) is 14.4 Å². The smallest absolute Gasteiger partial charge is 0.335 e. The van der Waals surface area contributed by atoms with Gasteiger partial charge in [-0.05, 0) is 60.4 Å². The van der Waals surface area contributed by atoms with Gasteiger partial charge in [-0.25, -0.2) is 4.79 Å². The Kier molecular flexibility index (Phi) is 7.99. The zero-order chi connectivity index (χ0) is 25.5. The summed E-state index contributed by atoms with van der Waals surface area (Å²) in [6, 6.07) is 19.9. The number of hydrogen-bond acceptors (Lipinski definition) is 5. The van der Waals surface area contributed by atoms with Crippen LogP contribution < -0.4 is 11.1 Å². The molecule has 0 unspecified atom stereocenters. The second-order valence-corrected chi connectivity index (χ2v) is 8.17. The predicted molar refractivity (Wildman–Crippen MR) is 132 cm³/mol. The van der Waals surface area contributed by atoms with Crippen LogP contribution >= 0.6 is 0 Å². The average Bonchev–Trinajstić information content (AvgIpc) is 2.87. The van der Waals surface area contributed by atoms with Crippen molar-refractivity contribution < 1.29 is 24.2 Å². The van der Waals surface area contributed by atoms with Gasteiger partial charge in [-0.15, -0.1) is 0 Å². The molecule has 2 atom stereocenters. The maximum atomic E-state index is 12.9. The molecule has 0 fully saturated rings. The summed E-state index contributed by atoms with van der Waals surface area (Å²) in [5.41, 5.74) is 9.21. The zero-order valence-corrected chi connectivity index (χ0v) is 19.4. The fourth-order valence-electron chi connectivity index (χ4n) is 3.75. The summed E-state index contributed by atoms with van der Waals surface area (Å²) < 4.78 is 4.96. The molecular weight excluding hydrogens is 446 g/mol. The molecule has 3 rings (SSSR count). The van der Waals surface area contributed by atoms with E-state index in [1.165, 1.54) is 19.2 Å². The minimum atomic E-state index is -0.991. The Morgan fingerprint density at radius 2 is 1.51 bits per heavy atom. The number of methoxy groups -OCH3 is 1. The van der Waals surface area contributed by atoms with E-state index in [1.54, 1.807) is 61.5 Å². The fourth-order valence-corrected chi connectivity index (χ4v) is 3.75. The van der Waals surface area contributed by atoms with Crippen LogP contribution in [0.2, 0.25) is 0 Å². The number of amides is 1. The van der Waals surface area contributed by atoms with Crippen LogP contribution in [0, 0.1) is 11.3 Å². The SMILES string of the molecule is COC(=O)[C@H](Cc1cccc(C(=N)N)c1)[C@@H](C)NC(=O)c1ccc(-c2ccc(C(=O)O)cc2)cc1. The van der Waals surface area contributed by atoms with Gasteiger partial charge >= 0.3 is 11.9 Å². The molecule has 180 valence electrons. The molecule has 0 bridgehead atoms. The molecule has 0 aliphatic rings. The largest absolute Gasteiger partial charge is 0.478 e. The molecule has 0 aliphatic heterocycles. The first-order valence-electron chi connectivity index (χ1n) is 11.0. The fraction of sp³-hybridized carbons (Fsp3) is 0.185. The minimum absolute atomic E-state index is 0.0657. The van der Waals surface area contributed by atoms with Crippen LogP contribution in [0.15, 0.2) is 72.8 Å². The van der Waals surface area contributed by atoms with Crippen LogP contribution in [0.25, 0.3) is 11.1 Å². The molecule has 0 saturated heterocycles.